The molecule has 0 saturated carbocycles. The summed E-state index contributed by atoms with van der Waals surface area (Å²) >= 11 is 0. The zero-order chi connectivity index (χ0) is 18.4. The van der Waals surface area contributed by atoms with Gasteiger partial charge < -0.3 is 4.74 Å². The van der Waals surface area contributed by atoms with E-state index in [1.54, 1.807) is 19.1 Å². The Morgan fingerprint density at radius 1 is 1.16 bits per heavy atom. The zero-order valence-corrected chi connectivity index (χ0v) is 14.3. The Bertz CT molecular complexity index is 793. The summed E-state index contributed by atoms with van der Waals surface area (Å²) in [7, 11) is 0. The van der Waals surface area contributed by atoms with E-state index in [1.165, 1.54) is 12.1 Å². The molecule has 7 heteroatoms. The molecule has 0 aliphatic rings. The number of carbonyl (C=O) groups excluding carboxylic acids is 1. The summed E-state index contributed by atoms with van der Waals surface area (Å²) in [6, 6.07) is 11.7. The van der Waals surface area contributed by atoms with Crippen molar-refractivity contribution in [2.75, 3.05) is 6.61 Å². The van der Waals surface area contributed by atoms with Crippen LogP contribution in [0.5, 0.6) is 5.75 Å². The summed E-state index contributed by atoms with van der Waals surface area (Å²) in [5.41, 5.74) is 5.74. The summed E-state index contributed by atoms with van der Waals surface area (Å²) in [4.78, 5) is 22.0. The van der Waals surface area contributed by atoms with E-state index in [4.69, 9.17) is 4.74 Å². The molecule has 0 unspecified atom stereocenters. The van der Waals surface area contributed by atoms with Crippen LogP contribution in [0.1, 0.15) is 23.6 Å². The Labute approximate surface area is 145 Å². The van der Waals surface area contributed by atoms with Crippen molar-refractivity contribution in [2.24, 2.45) is 5.10 Å². The molecule has 0 bridgehead atoms. The summed E-state index contributed by atoms with van der Waals surface area (Å²) < 4.78 is 5.45. The third-order valence-corrected chi connectivity index (χ3v) is 3.41. The molecule has 2 rings (SSSR count). The molecule has 0 aromatic heterocycles. The maximum atomic E-state index is 11.8. The van der Waals surface area contributed by atoms with Gasteiger partial charge in [0, 0.05) is 12.1 Å². The number of carbonyl (C=O) groups is 1. The monoisotopic (exact) mass is 341 g/mol. The highest BCUT2D eigenvalue weighted by Crippen LogP contribution is 2.16. The topological polar surface area (TPSA) is 93.8 Å². The second kappa shape index (κ2) is 8.05. The maximum absolute atomic E-state index is 11.8. The number of aryl methyl sites for hydroxylation is 2. The highest BCUT2D eigenvalue weighted by molar-refractivity contribution is 5.99. The van der Waals surface area contributed by atoms with E-state index in [0.29, 0.717) is 17.0 Å². The van der Waals surface area contributed by atoms with Crippen molar-refractivity contribution in [3.63, 3.8) is 0 Å². The van der Waals surface area contributed by atoms with Gasteiger partial charge in [-0.05, 0) is 61.7 Å². The summed E-state index contributed by atoms with van der Waals surface area (Å²) in [5, 5.41) is 14.6. The van der Waals surface area contributed by atoms with Gasteiger partial charge in [0.1, 0.15) is 5.75 Å². The normalized spacial score (nSPS) is 11.1. The van der Waals surface area contributed by atoms with Crippen LogP contribution in [0.15, 0.2) is 47.6 Å². The molecule has 7 nitrogen and oxygen atoms in total. The lowest BCUT2D eigenvalue weighted by molar-refractivity contribution is -0.384. The predicted molar refractivity (Wildman–Crippen MR) is 94.9 cm³/mol. The van der Waals surface area contributed by atoms with Gasteiger partial charge in [-0.3, -0.25) is 14.9 Å². The Balaban J connectivity index is 1.91. The van der Waals surface area contributed by atoms with Crippen LogP contribution in [0.3, 0.4) is 0 Å². The van der Waals surface area contributed by atoms with Crippen molar-refractivity contribution in [3.05, 3.63) is 69.3 Å². The second-order valence-corrected chi connectivity index (χ2v) is 5.65. The van der Waals surface area contributed by atoms with Gasteiger partial charge in [0.2, 0.25) is 0 Å². The standard InChI is InChI=1S/C18H19N3O4/c1-12-8-13(2)10-17(9-12)25-11-18(22)20-19-14(3)15-4-6-16(7-5-15)21(23)24/h4-10H,11H2,1-3H3,(H,20,22)/b19-14-. The summed E-state index contributed by atoms with van der Waals surface area (Å²) in [6.07, 6.45) is 0. The first kappa shape index (κ1) is 18.1. The number of benzene rings is 2. The SMILES string of the molecule is C/C(=N/NC(=O)COc1cc(C)cc(C)c1)c1ccc([N+](=O)[O-])cc1. The van der Waals surface area contributed by atoms with E-state index in [0.717, 1.165) is 11.1 Å². The van der Waals surface area contributed by atoms with E-state index in [-0.39, 0.29) is 18.2 Å². The molecule has 1 N–H and O–H groups in total. The minimum Gasteiger partial charge on any atom is -0.484 e. The van der Waals surface area contributed by atoms with Crippen LogP contribution in [0.2, 0.25) is 0 Å². The fourth-order valence-corrected chi connectivity index (χ4v) is 2.23. The fourth-order valence-electron chi connectivity index (χ4n) is 2.23. The van der Waals surface area contributed by atoms with Crippen molar-refractivity contribution in [3.8, 4) is 5.75 Å². The first-order valence-electron chi connectivity index (χ1n) is 7.64. The molecule has 0 radical (unpaired) electrons. The summed E-state index contributed by atoms with van der Waals surface area (Å²) in [5.74, 6) is 0.240. The lowest BCUT2D eigenvalue weighted by Gasteiger charge is -2.07. The molecule has 0 fully saturated rings. The van der Waals surface area contributed by atoms with Gasteiger partial charge in [-0.2, -0.15) is 5.10 Å². The maximum Gasteiger partial charge on any atom is 0.277 e. The molecule has 0 aliphatic heterocycles. The number of nitrogens with zero attached hydrogens (tertiary/aromatic N) is 2. The van der Waals surface area contributed by atoms with E-state index >= 15 is 0 Å². The number of rotatable bonds is 6. The highest BCUT2D eigenvalue weighted by atomic mass is 16.6. The number of nitro groups is 1. The minimum absolute atomic E-state index is 0.00225. The number of nitro benzene ring substituents is 1. The Morgan fingerprint density at radius 2 is 1.76 bits per heavy atom. The largest absolute Gasteiger partial charge is 0.484 e. The van der Waals surface area contributed by atoms with Crippen molar-refractivity contribution < 1.29 is 14.5 Å². The van der Waals surface area contributed by atoms with Crippen LogP contribution in [0.4, 0.5) is 5.69 Å². The number of amides is 1. The molecule has 0 spiro atoms. The van der Waals surface area contributed by atoms with Gasteiger partial charge in [-0.15, -0.1) is 0 Å². The molecule has 0 atom stereocenters. The van der Waals surface area contributed by atoms with Gasteiger partial charge in [0.25, 0.3) is 11.6 Å². The number of ether oxygens (including phenoxy) is 1. The van der Waals surface area contributed by atoms with Crippen molar-refractivity contribution in [1.82, 2.24) is 5.43 Å². The smallest absolute Gasteiger partial charge is 0.277 e. The average Bonchev–Trinajstić information content (AvgIpc) is 2.57. The van der Waals surface area contributed by atoms with Gasteiger partial charge in [-0.25, -0.2) is 5.43 Å². The van der Waals surface area contributed by atoms with Crippen molar-refractivity contribution in [1.29, 1.82) is 0 Å². The Kier molecular flexibility index (Phi) is 5.84. The number of hydrazone groups is 1. The first-order chi connectivity index (χ1) is 11.8. The zero-order valence-electron chi connectivity index (χ0n) is 14.3. The van der Waals surface area contributed by atoms with Gasteiger partial charge in [0.15, 0.2) is 6.61 Å². The molecular formula is C18H19N3O4. The van der Waals surface area contributed by atoms with Crippen LogP contribution < -0.4 is 10.2 Å². The second-order valence-electron chi connectivity index (χ2n) is 5.65. The number of non-ortho nitro benzene ring substituents is 1. The summed E-state index contributed by atoms with van der Waals surface area (Å²) in [6.45, 7) is 5.46. The number of hydrogen-bond donors (Lipinski definition) is 1. The Morgan fingerprint density at radius 3 is 2.32 bits per heavy atom. The van der Waals surface area contributed by atoms with Crippen molar-refractivity contribution >= 4 is 17.3 Å². The predicted octanol–water partition coefficient (Wildman–Crippen LogP) is 3.13. The van der Waals surface area contributed by atoms with Gasteiger partial charge in [-0.1, -0.05) is 6.07 Å². The van der Waals surface area contributed by atoms with Crippen LogP contribution in [-0.2, 0) is 4.79 Å². The Hall–Kier alpha value is -3.22. The third-order valence-electron chi connectivity index (χ3n) is 3.41. The first-order valence-corrected chi connectivity index (χ1v) is 7.64. The fraction of sp³-hybridized carbons (Fsp3) is 0.222. The van der Waals surface area contributed by atoms with Crippen LogP contribution in [-0.4, -0.2) is 23.1 Å². The molecular weight excluding hydrogens is 322 g/mol. The lowest BCUT2D eigenvalue weighted by atomic mass is 10.1. The quantitative estimate of drug-likeness (QED) is 0.496. The van der Waals surface area contributed by atoms with E-state index < -0.39 is 4.92 Å². The van der Waals surface area contributed by atoms with Crippen LogP contribution in [0, 0.1) is 24.0 Å². The van der Waals surface area contributed by atoms with Gasteiger partial charge in [0.05, 0.1) is 10.6 Å². The molecule has 0 heterocycles. The molecule has 1 amide bonds. The molecule has 2 aromatic carbocycles. The third kappa shape index (κ3) is 5.42. The van der Waals surface area contributed by atoms with E-state index in [1.807, 2.05) is 32.0 Å². The van der Waals surface area contributed by atoms with E-state index in [2.05, 4.69) is 10.5 Å². The molecule has 0 aliphatic carbocycles. The van der Waals surface area contributed by atoms with Crippen LogP contribution in [0.25, 0.3) is 0 Å². The molecule has 130 valence electrons. The average molecular weight is 341 g/mol. The lowest BCUT2D eigenvalue weighted by Crippen LogP contribution is -2.25. The van der Waals surface area contributed by atoms with Gasteiger partial charge >= 0.3 is 0 Å². The van der Waals surface area contributed by atoms with Crippen molar-refractivity contribution in [2.45, 2.75) is 20.8 Å². The number of hydrogen-bond acceptors (Lipinski definition) is 5. The van der Waals surface area contributed by atoms with Crippen LogP contribution >= 0.6 is 0 Å². The molecule has 0 saturated heterocycles. The number of nitrogens with one attached hydrogen (secondary N) is 1. The highest BCUT2D eigenvalue weighted by Gasteiger charge is 2.07. The van der Waals surface area contributed by atoms with E-state index in [9.17, 15) is 14.9 Å². The molecule has 25 heavy (non-hydrogen) atoms. The minimum atomic E-state index is -0.470. The molecule has 2 aromatic rings.